The molecule has 0 saturated heterocycles. The van der Waals surface area contributed by atoms with E-state index in [0.29, 0.717) is 5.56 Å². The van der Waals surface area contributed by atoms with Gasteiger partial charge in [0.2, 0.25) is 0 Å². The monoisotopic (exact) mass is 262 g/mol. The second kappa shape index (κ2) is 5.84. The minimum Gasteiger partial charge on any atom is -0.467 e. The zero-order valence-corrected chi connectivity index (χ0v) is 11.2. The first kappa shape index (κ1) is 13.5. The van der Waals surface area contributed by atoms with Crippen LogP contribution in [0.5, 0.6) is 0 Å². The quantitative estimate of drug-likeness (QED) is 0.784. The molecule has 0 unspecified atom stereocenters. The number of hydrogen-bond donors (Lipinski definition) is 2. The van der Waals surface area contributed by atoms with Crippen molar-refractivity contribution in [2.24, 2.45) is 0 Å². The molecule has 1 aliphatic rings. The number of rotatable bonds is 3. The summed E-state index contributed by atoms with van der Waals surface area (Å²) < 4.78 is 4.60. The summed E-state index contributed by atoms with van der Waals surface area (Å²) in [6.45, 7) is 3.26. The maximum Gasteiger partial charge on any atom is 0.328 e. The molecule has 102 valence electrons. The van der Waals surface area contributed by atoms with Gasteiger partial charge in [0.05, 0.1) is 7.11 Å². The minimum atomic E-state index is -0.643. The number of carbonyl (C=O) groups excluding carboxylic acids is 2. The summed E-state index contributed by atoms with van der Waals surface area (Å²) in [5.41, 5.74) is 2.86. The fourth-order valence-corrected chi connectivity index (χ4v) is 2.25. The molecule has 0 aromatic heterocycles. The highest BCUT2D eigenvalue weighted by Gasteiger charge is 2.21. The van der Waals surface area contributed by atoms with E-state index < -0.39 is 12.0 Å². The van der Waals surface area contributed by atoms with Crippen LogP contribution in [0.25, 0.3) is 0 Å². The third-order valence-corrected chi connectivity index (χ3v) is 3.29. The molecule has 1 heterocycles. The molecular weight excluding hydrogens is 244 g/mol. The second-order valence-electron chi connectivity index (χ2n) is 4.59. The highest BCUT2D eigenvalue weighted by molar-refractivity contribution is 5.98. The van der Waals surface area contributed by atoms with Crippen LogP contribution in [0.3, 0.4) is 0 Å². The maximum atomic E-state index is 12.2. The number of carbonyl (C=O) groups is 2. The summed E-state index contributed by atoms with van der Waals surface area (Å²) in [7, 11) is 1.31. The fraction of sp³-hybridized carbons (Fsp3) is 0.429. The lowest BCUT2D eigenvalue weighted by Crippen LogP contribution is -2.40. The predicted octanol–water partition coefficient (Wildman–Crippen LogP) is 0.624. The van der Waals surface area contributed by atoms with Crippen molar-refractivity contribution in [3.63, 3.8) is 0 Å². The molecule has 0 fully saturated rings. The number of methoxy groups -OCH3 is 1. The molecule has 5 nitrogen and oxygen atoms in total. The highest BCUT2D eigenvalue weighted by Crippen LogP contribution is 2.18. The van der Waals surface area contributed by atoms with Crippen LogP contribution in [0.4, 0.5) is 0 Å². The van der Waals surface area contributed by atoms with Gasteiger partial charge in [-0.3, -0.25) is 4.79 Å². The Balaban J connectivity index is 2.18. The minimum absolute atomic E-state index is 0.225. The van der Waals surface area contributed by atoms with Crippen molar-refractivity contribution in [2.45, 2.75) is 25.9 Å². The van der Waals surface area contributed by atoms with E-state index in [2.05, 4.69) is 15.4 Å². The van der Waals surface area contributed by atoms with E-state index in [1.165, 1.54) is 7.11 Å². The van der Waals surface area contributed by atoms with E-state index in [0.717, 1.165) is 30.6 Å². The topological polar surface area (TPSA) is 67.4 Å². The summed E-state index contributed by atoms with van der Waals surface area (Å²) in [6, 6.07) is 5.03. The maximum absolute atomic E-state index is 12.2. The zero-order chi connectivity index (χ0) is 13.8. The Morgan fingerprint density at radius 3 is 2.95 bits per heavy atom. The van der Waals surface area contributed by atoms with Crippen LogP contribution in [0.2, 0.25) is 0 Å². The normalized spacial score (nSPS) is 15.3. The van der Waals surface area contributed by atoms with Gasteiger partial charge < -0.3 is 15.4 Å². The summed E-state index contributed by atoms with van der Waals surface area (Å²) >= 11 is 0. The van der Waals surface area contributed by atoms with Crippen molar-refractivity contribution < 1.29 is 14.3 Å². The van der Waals surface area contributed by atoms with Gasteiger partial charge in [-0.2, -0.15) is 0 Å². The van der Waals surface area contributed by atoms with E-state index in [4.69, 9.17) is 0 Å². The van der Waals surface area contributed by atoms with Gasteiger partial charge >= 0.3 is 5.97 Å². The third-order valence-electron chi connectivity index (χ3n) is 3.29. The Hall–Kier alpha value is -1.88. The summed E-state index contributed by atoms with van der Waals surface area (Å²) in [5, 5.41) is 5.93. The Kier molecular flexibility index (Phi) is 4.16. The second-order valence-corrected chi connectivity index (χ2v) is 4.59. The summed E-state index contributed by atoms with van der Waals surface area (Å²) in [6.07, 6.45) is 0.825. The first-order valence-electron chi connectivity index (χ1n) is 6.33. The molecule has 1 aliphatic heterocycles. The average Bonchev–Trinajstić information content (AvgIpc) is 2.45. The lowest BCUT2D eigenvalue weighted by atomic mass is 9.95. The lowest BCUT2D eigenvalue weighted by molar-refractivity contribution is -0.142. The summed E-state index contributed by atoms with van der Waals surface area (Å²) in [4.78, 5) is 23.5. The van der Waals surface area contributed by atoms with Crippen molar-refractivity contribution in [1.29, 1.82) is 0 Å². The molecule has 1 aromatic rings. The average molecular weight is 262 g/mol. The molecule has 2 N–H and O–H groups in total. The van der Waals surface area contributed by atoms with Crippen LogP contribution in [0.15, 0.2) is 18.2 Å². The molecule has 0 saturated carbocycles. The van der Waals surface area contributed by atoms with Crippen LogP contribution in [0.1, 0.15) is 28.4 Å². The first-order chi connectivity index (χ1) is 9.13. The Morgan fingerprint density at radius 1 is 1.42 bits per heavy atom. The number of nitrogens with one attached hydrogen (secondary N) is 2. The van der Waals surface area contributed by atoms with E-state index in [-0.39, 0.29) is 5.91 Å². The van der Waals surface area contributed by atoms with Gasteiger partial charge in [0.15, 0.2) is 0 Å². The number of ether oxygens (including phenoxy) is 1. The first-order valence-corrected chi connectivity index (χ1v) is 6.33. The van der Waals surface area contributed by atoms with E-state index in [1.54, 1.807) is 13.0 Å². The van der Waals surface area contributed by atoms with Crippen molar-refractivity contribution in [3.05, 3.63) is 34.9 Å². The van der Waals surface area contributed by atoms with Crippen LogP contribution in [-0.2, 0) is 22.5 Å². The SMILES string of the molecule is COC(=O)[C@H](C)NC(=O)c1cccc2c1CCNC2. The Labute approximate surface area is 112 Å². The van der Waals surface area contributed by atoms with Gasteiger partial charge in [-0.05, 0) is 37.1 Å². The lowest BCUT2D eigenvalue weighted by Gasteiger charge is -2.20. The molecule has 0 aliphatic carbocycles. The Bertz CT molecular complexity index is 499. The Morgan fingerprint density at radius 2 is 2.21 bits per heavy atom. The van der Waals surface area contributed by atoms with E-state index in [1.807, 2.05) is 12.1 Å². The van der Waals surface area contributed by atoms with Crippen molar-refractivity contribution in [1.82, 2.24) is 10.6 Å². The number of hydrogen-bond acceptors (Lipinski definition) is 4. The zero-order valence-electron chi connectivity index (χ0n) is 11.2. The number of benzene rings is 1. The van der Waals surface area contributed by atoms with Gasteiger partial charge in [0.1, 0.15) is 6.04 Å². The van der Waals surface area contributed by atoms with Gasteiger partial charge in [0.25, 0.3) is 5.91 Å². The third kappa shape index (κ3) is 2.93. The van der Waals surface area contributed by atoms with Crippen LogP contribution in [-0.4, -0.2) is 31.6 Å². The van der Waals surface area contributed by atoms with Crippen LogP contribution in [0, 0.1) is 0 Å². The van der Waals surface area contributed by atoms with Gasteiger partial charge in [-0.25, -0.2) is 4.79 Å². The van der Waals surface area contributed by atoms with Crippen molar-refractivity contribution in [3.8, 4) is 0 Å². The van der Waals surface area contributed by atoms with Crippen molar-refractivity contribution in [2.75, 3.05) is 13.7 Å². The molecule has 1 amide bonds. The number of esters is 1. The molecule has 0 bridgehead atoms. The smallest absolute Gasteiger partial charge is 0.328 e. The van der Waals surface area contributed by atoms with E-state index in [9.17, 15) is 9.59 Å². The summed E-state index contributed by atoms with van der Waals surface area (Å²) in [5.74, 6) is -0.670. The van der Waals surface area contributed by atoms with Crippen LogP contribution >= 0.6 is 0 Å². The largest absolute Gasteiger partial charge is 0.467 e. The molecule has 2 rings (SSSR count). The molecule has 0 spiro atoms. The van der Waals surface area contributed by atoms with Gasteiger partial charge in [-0.1, -0.05) is 12.1 Å². The van der Waals surface area contributed by atoms with E-state index >= 15 is 0 Å². The fourth-order valence-electron chi connectivity index (χ4n) is 2.25. The molecule has 0 radical (unpaired) electrons. The predicted molar refractivity (Wildman–Crippen MR) is 70.8 cm³/mol. The molecule has 5 heteroatoms. The standard InChI is InChI=1S/C14H18N2O3/c1-9(14(18)19-2)16-13(17)12-5-3-4-10-8-15-7-6-11(10)12/h3-5,9,15H,6-8H2,1-2H3,(H,16,17)/t9-/m0/s1. The molecule has 19 heavy (non-hydrogen) atoms. The molecular formula is C14H18N2O3. The number of fused-ring (bicyclic) bond motifs is 1. The van der Waals surface area contributed by atoms with Gasteiger partial charge in [-0.15, -0.1) is 0 Å². The molecule has 1 atom stereocenters. The van der Waals surface area contributed by atoms with Crippen LogP contribution < -0.4 is 10.6 Å². The van der Waals surface area contributed by atoms with Crippen molar-refractivity contribution >= 4 is 11.9 Å². The molecule has 1 aromatic carbocycles. The van der Waals surface area contributed by atoms with Gasteiger partial charge in [0, 0.05) is 12.1 Å². The number of amides is 1. The highest BCUT2D eigenvalue weighted by atomic mass is 16.5.